The standard InChI is InChI=1S/C57H107NO5/c1-3-5-7-9-11-13-15-17-18-19-20-21-22-23-24-25-26-27-28-29-30-33-37-41-45-49-55(60)54(53-59)58-56(61)50-46-42-38-34-32-36-40-44-48-52-63-57(62)51-47-43-39-35-31-16-14-12-10-8-6-4-2/h12,14,34,38,45,49,54-55,59-60H,3-11,13,15-33,35-37,39-44,46-48,50-53H2,1-2H3,(H,58,61)/b14-12-,38-34-,49-45+. The summed E-state index contributed by atoms with van der Waals surface area (Å²) in [6.07, 6.45) is 64.6. The van der Waals surface area contributed by atoms with Crippen LogP contribution >= 0.6 is 0 Å². The molecule has 0 saturated carbocycles. The topological polar surface area (TPSA) is 95.9 Å². The summed E-state index contributed by atoms with van der Waals surface area (Å²) in [5.41, 5.74) is 0. The molecule has 0 spiro atoms. The van der Waals surface area contributed by atoms with Gasteiger partial charge < -0.3 is 20.3 Å². The summed E-state index contributed by atoms with van der Waals surface area (Å²) < 4.78 is 5.42. The van der Waals surface area contributed by atoms with E-state index in [9.17, 15) is 19.8 Å². The fraction of sp³-hybridized carbons (Fsp3) is 0.860. The summed E-state index contributed by atoms with van der Waals surface area (Å²) in [5, 5.41) is 23.1. The zero-order chi connectivity index (χ0) is 45.8. The fourth-order valence-electron chi connectivity index (χ4n) is 8.34. The first-order chi connectivity index (χ1) is 31.0. The third kappa shape index (κ3) is 49.4. The van der Waals surface area contributed by atoms with Crippen LogP contribution < -0.4 is 5.32 Å². The molecule has 0 aromatic rings. The first kappa shape index (κ1) is 61.1. The van der Waals surface area contributed by atoms with Crippen molar-refractivity contribution in [1.82, 2.24) is 5.32 Å². The lowest BCUT2D eigenvalue weighted by Crippen LogP contribution is -2.45. The summed E-state index contributed by atoms with van der Waals surface area (Å²) in [5.74, 6) is -0.175. The van der Waals surface area contributed by atoms with Crippen LogP contribution in [0.15, 0.2) is 36.5 Å². The molecule has 0 saturated heterocycles. The molecule has 2 atom stereocenters. The predicted molar refractivity (Wildman–Crippen MR) is 273 cm³/mol. The van der Waals surface area contributed by atoms with Crippen LogP contribution in [0.4, 0.5) is 0 Å². The number of nitrogens with one attached hydrogen (secondary N) is 1. The van der Waals surface area contributed by atoms with Crippen LogP contribution in [0.3, 0.4) is 0 Å². The predicted octanol–water partition coefficient (Wildman–Crippen LogP) is 16.9. The van der Waals surface area contributed by atoms with E-state index < -0.39 is 12.1 Å². The average Bonchev–Trinajstić information content (AvgIpc) is 3.28. The summed E-state index contributed by atoms with van der Waals surface area (Å²) >= 11 is 0. The molecule has 0 aliphatic heterocycles. The van der Waals surface area contributed by atoms with Crippen molar-refractivity contribution in [3.8, 4) is 0 Å². The van der Waals surface area contributed by atoms with Gasteiger partial charge in [0.1, 0.15) is 0 Å². The number of amides is 1. The Morgan fingerprint density at radius 3 is 1.19 bits per heavy atom. The molecule has 370 valence electrons. The second kappa shape index (κ2) is 52.7. The van der Waals surface area contributed by atoms with Crippen LogP contribution in [0.2, 0.25) is 0 Å². The van der Waals surface area contributed by atoms with E-state index in [4.69, 9.17) is 4.74 Å². The van der Waals surface area contributed by atoms with Gasteiger partial charge in [0.15, 0.2) is 0 Å². The van der Waals surface area contributed by atoms with Gasteiger partial charge >= 0.3 is 5.97 Å². The minimum atomic E-state index is -0.877. The number of aliphatic hydroxyl groups excluding tert-OH is 2. The molecule has 0 rings (SSSR count). The lowest BCUT2D eigenvalue weighted by Gasteiger charge is -2.19. The quantitative estimate of drug-likeness (QED) is 0.0321. The highest BCUT2D eigenvalue weighted by Crippen LogP contribution is 2.16. The third-order valence-corrected chi connectivity index (χ3v) is 12.6. The maximum absolute atomic E-state index is 12.4. The number of carbonyl (C=O) groups is 2. The molecule has 0 aliphatic rings. The summed E-state index contributed by atoms with van der Waals surface area (Å²) in [4.78, 5) is 24.4. The SMILES string of the molecule is CCCCC/C=C\CCCCCCCC(=O)OCCCCCC/C=C\CCCC(=O)NC(CO)C(O)/C=C/CCCCCCCCCCCCCCCCCCCCCCCCC. The Labute approximate surface area is 392 Å². The second-order valence-electron chi connectivity index (χ2n) is 18.9. The van der Waals surface area contributed by atoms with E-state index in [1.165, 1.54) is 193 Å². The summed E-state index contributed by atoms with van der Waals surface area (Å²) in [7, 11) is 0. The normalized spacial score (nSPS) is 12.9. The van der Waals surface area contributed by atoms with Crippen molar-refractivity contribution < 1.29 is 24.5 Å². The zero-order valence-electron chi connectivity index (χ0n) is 42.1. The largest absolute Gasteiger partial charge is 0.466 e. The fourth-order valence-corrected chi connectivity index (χ4v) is 8.34. The third-order valence-electron chi connectivity index (χ3n) is 12.6. The lowest BCUT2D eigenvalue weighted by atomic mass is 10.0. The van der Waals surface area contributed by atoms with Gasteiger partial charge in [-0.1, -0.05) is 237 Å². The monoisotopic (exact) mass is 886 g/mol. The van der Waals surface area contributed by atoms with E-state index >= 15 is 0 Å². The molecule has 0 fully saturated rings. The highest BCUT2D eigenvalue weighted by atomic mass is 16.5. The highest BCUT2D eigenvalue weighted by Gasteiger charge is 2.18. The number of unbranched alkanes of at least 4 members (excludes halogenated alkanes) is 36. The minimum Gasteiger partial charge on any atom is -0.466 e. The van der Waals surface area contributed by atoms with E-state index in [0.29, 0.717) is 19.4 Å². The first-order valence-electron chi connectivity index (χ1n) is 27.8. The number of carbonyl (C=O) groups excluding carboxylic acids is 2. The number of allylic oxidation sites excluding steroid dienone is 5. The first-order valence-corrected chi connectivity index (χ1v) is 27.8. The highest BCUT2D eigenvalue weighted by molar-refractivity contribution is 5.76. The Bertz CT molecular complexity index is 1020. The van der Waals surface area contributed by atoms with Gasteiger partial charge in [-0.3, -0.25) is 9.59 Å². The average molecular weight is 886 g/mol. The van der Waals surface area contributed by atoms with Crippen LogP contribution in [0, 0.1) is 0 Å². The van der Waals surface area contributed by atoms with Gasteiger partial charge in [0.2, 0.25) is 5.91 Å². The molecular weight excluding hydrogens is 779 g/mol. The van der Waals surface area contributed by atoms with Crippen molar-refractivity contribution in [3.63, 3.8) is 0 Å². The Morgan fingerprint density at radius 1 is 0.429 bits per heavy atom. The van der Waals surface area contributed by atoms with E-state index in [0.717, 1.165) is 70.6 Å². The number of hydrogen-bond acceptors (Lipinski definition) is 5. The van der Waals surface area contributed by atoms with Crippen molar-refractivity contribution >= 4 is 11.9 Å². The molecule has 0 heterocycles. The molecular formula is C57H107NO5. The van der Waals surface area contributed by atoms with Crippen molar-refractivity contribution in [3.05, 3.63) is 36.5 Å². The maximum Gasteiger partial charge on any atom is 0.305 e. The molecule has 0 aromatic heterocycles. The van der Waals surface area contributed by atoms with Gasteiger partial charge in [-0.2, -0.15) is 0 Å². The molecule has 6 heteroatoms. The minimum absolute atomic E-state index is 0.0479. The lowest BCUT2D eigenvalue weighted by molar-refractivity contribution is -0.143. The molecule has 0 aromatic carbocycles. The number of hydrogen-bond donors (Lipinski definition) is 3. The van der Waals surface area contributed by atoms with E-state index in [2.05, 4.69) is 43.5 Å². The van der Waals surface area contributed by atoms with Crippen LogP contribution in [0.5, 0.6) is 0 Å². The van der Waals surface area contributed by atoms with Crippen molar-refractivity contribution in [2.24, 2.45) is 0 Å². The van der Waals surface area contributed by atoms with Crippen molar-refractivity contribution in [2.75, 3.05) is 13.2 Å². The maximum atomic E-state index is 12.4. The van der Waals surface area contributed by atoms with E-state index in [1.54, 1.807) is 6.08 Å². The molecule has 6 nitrogen and oxygen atoms in total. The van der Waals surface area contributed by atoms with E-state index in [-0.39, 0.29) is 18.5 Å². The van der Waals surface area contributed by atoms with Crippen LogP contribution in [-0.2, 0) is 14.3 Å². The Morgan fingerprint density at radius 2 is 0.762 bits per heavy atom. The van der Waals surface area contributed by atoms with Gasteiger partial charge in [0.05, 0.1) is 25.4 Å². The molecule has 0 bridgehead atoms. The van der Waals surface area contributed by atoms with Gasteiger partial charge in [0.25, 0.3) is 0 Å². The van der Waals surface area contributed by atoms with Crippen molar-refractivity contribution in [1.29, 1.82) is 0 Å². The van der Waals surface area contributed by atoms with Crippen LogP contribution in [-0.4, -0.2) is 47.4 Å². The van der Waals surface area contributed by atoms with Crippen LogP contribution in [0.1, 0.15) is 290 Å². The second-order valence-corrected chi connectivity index (χ2v) is 18.9. The Hall–Kier alpha value is -1.92. The molecule has 3 N–H and O–H groups in total. The number of rotatable bonds is 51. The molecule has 1 amide bonds. The summed E-state index contributed by atoms with van der Waals surface area (Å²) in [6.45, 7) is 4.79. The summed E-state index contributed by atoms with van der Waals surface area (Å²) in [6, 6.07) is -0.667. The molecule has 63 heavy (non-hydrogen) atoms. The number of ether oxygens (including phenoxy) is 1. The van der Waals surface area contributed by atoms with Gasteiger partial charge in [-0.15, -0.1) is 0 Å². The van der Waals surface area contributed by atoms with Gasteiger partial charge in [0, 0.05) is 12.8 Å². The van der Waals surface area contributed by atoms with Crippen LogP contribution in [0.25, 0.3) is 0 Å². The molecule has 0 aliphatic carbocycles. The molecule has 0 radical (unpaired) electrons. The van der Waals surface area contributed by atoms with Gasteiger partial charge in [-0.05, 0) is 77.0 Å². The van der Waals surface area contributed by atoms with Crippen molar-refractivity contribution in [2.45, 2.75) is 302 Å². The molecule has 2 unspecified atom stereocenters. The van der Waals surface area contributed by atoms with E-state index in [1.807, 2.05) is 6.08 Å². The van der Waals surface area contributed by atoms with Gasteiger partial charge in [-0.25, -0.2) is 0 Å². The zero-order valence-corrected chi connectivity index (χ0v) is 42.1. The smallest absolute Gasteiger partial charge is 0.305 e. The number of esters is 1. The Balaban J connectivity index is 3.56. The number of aliphatic hydroxyl groups is 2. The Kier molecular flexibility index (Phi) is 51.1.